The van der Waals surface area contributed by atoms with E-state index in [2.05, 4.69) is 13.8 Å². The molecule has 0 saturated carbocycles. The Kier molecular flexibility index (Phi) is 2.02. The van der Waals surface area contributed by atoms with E-state index in [4.69, 9.17) is 0 Å². The zero-order chi connectivity index (χ0) is 6.04. The van der Waals surface area contributed by atoms with Gasteiger partial charge in [0.05, 0.1) is 0 Å². The Morgan fingerprint density at radius 2 is 1.62 bits per heavy atom. The second kappa shape index (κ2) is 2.42. The summed E-state index contributed by atoms with van der Waals surface area (Å²) in [7, 11) is 0. The summed E-state index contributed by atoms with van der Waals surface area (Å²) in [6.45, 7) is 4.81. The van der Waals surface area contributed by atoms with Crippen LogP contribution in [0, 0.1) is 0 Å². The molecule has 1 saturated heterocycles. The van der Waals surface area contributed by atoms with Crippen molar-refractivity contribution in [3.8, 4) is 0 Å². The second-order valence-corrected chi connectivity index (χ2v) is 14.4. The molecule has 0 spiro atoms. The standard InChI is InChI=1S/C7H16Ge/c1-3-8(4-2)6-5-7-8/h3-7H2,1-2H3. The van der Waals surface area contributed by atoms with E-state index < -0.39 is 13.3 Å². The van der Waals surface area contributed by atoms with Crippen LogP contribution in [0.25, 0.3) is 0 Å². The maximum atomic E-state index is 2.41. The van der Waals surface area contributed by atoms with Gasteiger partial charge < -0.3 is 0 Å². The zero-order valence-electron chi connectivity index (χ0n) is 6.04. The number of hydrogen-bond acceptors (Lipinski definition) is 0. The molecule has 1 heteroatoms. The Labute approximate surface area is 55.0 Å². The van der Waals surface area contributed by atoms with Crippen molar-refractivity contribution in [1.82, 2.24) is 0 Å². The summed E-state index contributed by atoms with van der Waals surface area (Å²) in [4.78, 5) is 0. The third kappa shape index (κ3) is 0.950. The van der Waals surface area contributed by atoms with Crippen molar-refractivity contribution in [3.05, 3.63) is 0 Å². The van der Waals surface area contributed by atoms with E-state index >= 15 is 0 Å². The fourth-order valence-electron chi connectivity index (χ4n) is 1.63. The summed E-state index contributed by atoms with van der Waals surface area (Å²) in [5.74, 6) is 0. The van der Waals surface area contributed by atoms with Crippen molar-refractivity contribution in [2.45, 2.75) is 41.3 Å². The molecule has 1 rings (SSSR count). The molecule has 48 valence electrons. The monoisotopic (exact) mass is 174 g/mol. The van der Waals surface area contributed by atoms with Crippen LogP contribution in [0.1, 0.15) is 20.3 Å². The quantitative estimate of drug-likeness (QED) is 0.563. The molecule has 0 aromatic heterocycles. The van der Waals surface area contributed by atoms with E-state index in [9.17, 15) is 0 Å². The first-order valence-corrected chi connectivity index (χ1v) is 9.76. The summed E-state index contributed by atoms with van der Waals surface area (Å²) in [5.41, 5.74) is 0. The van der Waals surface area contributed by atoms with E-state index in [0.717, 1.165) is 0 Å². The topological polar surface area (TPSA) is 0 Å². The molecule has 0 radical (unpaired) electrons. The van der Waals surface area contributed by atoms with Gasteiger partial charge in [0.15, 0.2) is 0 Å². The summed E-state index contributed by atoms with van der Waals surface area (Å²) in [5, 5.41) is 6.56. The molecule has 0 aliphatic carbocycles. The maximum absolute atomic E-state index is 2.41. The molecule has 0 unspecified atom stereocenters. The molecule has 8 heavy (non-hydrogen) atoms. The molecule has 0 atom stereocenters. The third-order valence-corrected chi connectivity index (χ3v) is 15.1. The normalized spacial score (nSPS) is 24.8. The Bertz CT molecular complexity index is 60.9. The van der Waals surface area contributed by atoms with Gasteiger partial charge in [0.1, 0.15) is 0 Å². The van der Waals surface area contributed by atoms with Crippen molar-refractivity contribution < 1.29 is 0 Å². The van der Waals surface area contributed by atoms with E-state index in [-0.39, 0.29) is 0 Å². The van der Waals surface area contributed by atoms with Crippen LogP contribution >= 0.6 is 0 Å². The van der Waals surface area contributed by atoms with Crippen molar-refractivity contribution in [1.29, 1.82) is 0 Å². The first kappa shape index (κ1) is 6.66. The Morgan fingerprint density at radius 3 is 1.62 bits per heavy atom. The van der Waals surface area contributed by atoms with Crippen LogP contribution < -0.4 is 0 Å². The molecule has 0 amide bonds. The van der Waals surface area contributed by atoms with Gasteiger partial charge in [0.2, 0.25) is 0 Å². The minimum atomic E-state index is -0.944. The average molecular weight is 173 g/mol. The predicted octanol–water partition coefficient (Wildman–Crippen LogP) is 2.88. The van der Waals surface area contributed by atoms with Crippen LogP contribution in [0.15, 0.2) is 0 Å². The number of rotatable bonds is 2. The molecule has 0 N–H and O–H groups in total. The van der Waals surface area contributed by atoms with E-state index in [0.29, 0.717) is 0 Å². The average Bonchev–Trinajstić information content (AvgIpc) is 1.67. The molecule has 1 aliphatic heterocycles. The molecule has 0 nitrogen and oxygen atoms in total. The summed E-state index contributed by atoms with van der Waals surface area (Å²) in [6, 6.07) is 0. The fourth-order valence-corrected chi connectivity index (χ4v) is 8.49. The van der Waals surface area contributed by atoms with Gasteiger partial charge in [-0.2, -0.15) is 0 Å². The summed E-state index contributed by atoms with van der Waals surface area (Å²) >= 11 is -0.944. The molecule has 1 fully saturated rings. The molecule has 0 aromatic carbocycles. The van der Waals surface area contributed by atoms with Crippen LogP contribution in [0.5, 0.6) is 0 Å². The number of hydrogen-bond donors (Lipinski definition) is 0. The van der Waals surface area contributed by atoms with E-state index in [1.54, 1.807) is 27.4 Å². The van der Waals surface area contributed by atoms with Gasteiger partial charge >= 0.3 is 54.5 Å². The Morgan fingerprint density at radius 1 is 1.12 bits per heavy atom. The minimum absolute atomic E-state index is 0.944. The van der Waals surface area contributed by atoms with Crippen molar-refractivity contribution in [2.75, 3.05) is 0 Å². The molecule has 0 aromatic rings. The fraction of sp³-hybridized carbons (Fsp3) is 1.00. The first-order chi connectivity index (χ1) is 3.83. The second-order valence-electron chi connectivity index (χ2n) is 3.06. The summed E-state index contributed by atoms with van der Waals surface area (Å²) < 4.78 is 0. The van der Waals surface area contributed by atoms with Gasteiger partial charge in [-0.25, -0.2) is 0 Å². The van der Waals surface area contributed by atoms with Gasteiger partial charge in [-0.15, -0.1) is 0 Å². The molecule has 1 heterocycles. The van der Waals surface area contributed by atoms with Crippen LogP contribution in [-0.2, 0) is 0 Å². The van der Waals surface area contributed by atoms with E-state index in [1.807, 2.05) is 0 Å². The van der Waals surface area contributed by atoms with Gasteiger partial charge in [0, 0.05) is 0 Å². The summed E-state index contributed by atoms with van der Waals surface area (Å²) in [6.07, 6.45) is 1.57. The first-order valence-electron chi connectivity index (χ1n) is 3.83. The molecular weight excluding hydrogens is 157 g/mol. The van der Waals surface area contributed by atoms with Crippen LogP contribution in [0.4, 0.5) is 0 Å². The van der Waals surface area contributed by atoms with Crippen molar-refractivity contribution in [2.24, 2.45) is 0 Å². The SMILES string of the molecule is C[CH2][Ge]1([CH2]C)[CH2]C[CH2]1. The molecule has 1 aliphatic rings. The van der Waals surface area contributed by atoms with Crippen molar-refractivity contribution >= 4 is 13.3 Å². The van der Waals surface area contributed by atoms with Gasteiger partial charge in [-0.1, -0.05) is 0 Å². The van der Waals surface area contributed by atoms with Gasteiger partial charge in [-0.05, 0) is 0 Å². The van der Waals surface area contributed by atoms with Gasteiger partial charge in [0.25, 0.3) is 0 Å². The third-order valence-electron chi connectivity index (χ3n) is 2.91. The molecule has 0 bridgehead atoms. The van der Waals surface area contributed by atoms with Gasteiger partial charge in [-0.3, -0.25) is 0 Å². The van der Waals surface area contributed by atoms with Crippen LogP contribution in [0.2, 0.25) is 21.0 Å². The Hall–Kier alpha value is 0.543. The van der Waals surface area contributed by atoms with E-state index in [1.165, 1.54) is 0 Å². The zero-order valence-corrected chi connectivity index (χ0v) is 8.13. The van der Waals surface area contributed by atoms with Crippen molar-refractivity contribution in [3.63, 3.8) is 0 Å². The van der Waals surface area contributed by atoms with Crippen LogP contribution in [0.3, 0.4) is 0 Å². The predicted molar refractivity (Wildman–Crippen MR) is 40.9 cm³/mol. The van der Waals surface area contributed by atoms with Crippen LogP contribution in [-0.4, -0.2) is 13.3 Å². The molecular formula is C7H16Ge. The Balaban J connectivity index is 2.33.